The molecule has 1 unspecified atom stereocenters. The molecule has 1 amide bonds. The lowest BCUT2D eigenvalue weighted by Gasteiger charge is -2.33. The quantitative estimate of drug-likeness (QED) is 0.658. The summed E-state index contributed by atoms with van der Waals surface area (Å²) >= 11 is 0. The van der Waals surface area contributed by atoms with Crippen molar-refractivity contribution in [3.8, 4) is 5.75 Å². The van der Waals surface area contributed by atoms with E-state index in [4.69, 9.17) is 9.26 Å². The molecule has 1 saturated heterocycles. The Balaban J connectivity index is 1.47. The Morgan fingerprint density at radius 1 is 1.24 bits per heavy atom. The number of nitrogens with zero attached hydrogens (tertiary/aromatic N) is 5. The Morgan fingerprint density at radius 3 is 2.76 bits per heavy atom. The predicted molar refractivity (Wildman–Crippen MR) is 105 cm³/mol. The van der Waals surface area contributed by atoms with Crippen LogP contribution in [0, 0.1) is 13.8 Å². The number of aryl methyl sites for hydroxylation is 3. The maximum atomic E-state index is 13.0. The van der Waals surface area contributed by atoms with Crippen molar-refractivity contribution < 1.29 is 14.1 Å². The maximum Gasteiger partial charge on any atom is 0.274 e. The SMILES string of the molecule is Cc1ccc(OCc2nc(C3CCCCN3C(=O)c3cc(C)n(C)n3)no2)cc1. The second-order valence-electron chi connectivity index (χ2n) is 7.45. The third-order valence-corrected chi connectivity index (χ3v) is 5.26. The van der Waals surface area contributed by atoms with Gasteiger partial charge in [0.2, 0.25) is 0 Å². The van der Waals surface area contributed by atoms with Crippen molar-refractivity contribution in [3.05, 3.63) is 59.0 Å². The van der Waals surface area contributed by atoms with E-state index in [9.17, 15) is 4.79 Å². The number of likely N-dealkylation sites (tertiary alicyclic amines) is 1. The highest BCUT2D eigenvalue weighted by atomic mass is 16.5. The third kappa shape index (κ3) is 4.16. The van der Waals surface area contributed by atoms with Crippen LogP contribution in [-0.4, -0.2) is 37.3 Å². The number of aromatic nitrogens is 4. The smallest absolute Gasteiger partial charge is 0.274 e. The van der Waals surface area contributed by atoms with Crippen molar-refractivity contribution in [1.82, 2.24) is 24.8 Å². The molecule has 1 atom stereocenters. The van der Waals surface area contributed by atoms with Crippen LogP contribution in [0.1, 0.15) is 58.8 Å². The van der Waals surface area contributed by atoms with Gasteiger partial charge in [-0.3, -0.25) is 9.48 Å². The summed E-state index contributed by atoms with van der Waals surface area (Å²) < 4.78 is 12.8. The molecule has 8 heteroatoms. The van der Waals surface area contributed by atoms with Gasteiger partial charge in [0.15, 0.2) is 18.1 Å². The Kier molecular flexibility index (Phi) is 5.33. The van der Waals surface area contributed by atoms with Gasteiger partial charge >= 0.3 is 0 Å². The lowest BCUT2D eigenvalue weighted by Crippen LogP contribution is -2.39. The molecule has 8 nitrogen and oxygen atoms in total. The molecule has 1 aromatic carbocycles. The minimum Gasteiger partial charge on any atom is -0.484 e. The monoisotopic (exact) mass is 395 g/mol. The summed E-state index contributed by atoms with van der Waals surface area (Å²) in [7, 11) is 1.83. The molecule has 3 heterocycles. The standard InChI is InChI=1S/C21H25N5O3/c1-14-7-9-16(10-8-14)28-13-19-22-20(24-29-19)18-6-4-5-11-26(18)21(27)17-12-15(2)25(3)23-17/h7-10,12,18H,4-6,11,13H2,1-3H3. The Hall–Kier alpha value is -3.16. The average molecular weight is 395 g/mol. The van der Waals surface area contributed by atoms with E-state index in [-0.39, 0.29) is 18.6 Å². The van der Waals surface area contributed by atoms with Gasteiger partial charge in [0, 0.05) is 19.3 Å². The minimum atomic E-state index is -0.213. The number of carbonyl (C=O) groups is 1. The van der Waals surface area contributed by atoms with E-state index >= 15 is 0 Å². The second-order valence-corrected chi connectivity index (χ2v) is 7.45. The lowest BCUT2D eigenvalue weighted by atomic mass is 10.0. The number of piperidine rings is 1. The van der Waals surface area contributed by atoms with Crippen molar-refractivity contribution in [2.24, 2.45) is 7.05 Å². The zero-order valence-corrected chi connectivity index (χ0v) is 17.0. The van der Waals surface area contributed by atoms with Crippen molar-refractivity contribution in [2.75, 3.05) is 6.54 Å². The lowest BCUT2D eigenvalue weighted by molar-refractivity contribution is 0.0590. The summed E-state index contributed by atoms with van der Waals surface area (Å²) in [5.74, 6) is 1.57. The Bertz CT molecular complexity index is 973. The highest BCUT2D eigenvalue weighted by molar-refractivity contribution is 5.92. The van der Waals surface area contributed by atoms with Crippen LogP contribution in [-0.2, 0) is 13.7 Å². The Morgan fingerprint density at radius 2 is 2.03 bits per heavy atom. The van der Waals surface area contributed by atoms with E-state index in [1.807, 2.05) is 51.2 Å². The first-order chi connectivity index (χ1) is 14.0. The van der Waals surface area contributed by atoms with Gasteiger partial charge in [-0.2, -0.15) is 10.1 Å². The molecule has 2 aromatic heterocycles. The van der Waals surface area contributed by atoms with Gasteiger partial charge in [-0.25, -0.2) is 0 Å². The Labute approximate surface area is 169 Å². The zero-order chi connectivity index (χ0) is 20.4. The molecule has 0 N–H and O–H groups in total. The van der Waals surface area contributed by atoms with Crippen molar-refractivity contribution in [3.63, 3.8) is 0 Å². The van der Waals surface area contributed by atoms with Crippen LogP contribution < -0.4 is 4.74 Å². The van der Waals surface area contributed by atoms with E-state index in [0.717, 1.165) is 30.7 Å². The molecule has 0 aliphatic carbocycles. The van der Waals surface area contributed by atoms with Gasteiger partial charge in [0.05, 0.1) is 6.04 Å². The molecular formula is C21H25N5O3. The second kappa shape index (κ2) is 8.06. The highest BCUT2D eigenvalue weighted by Crippen LogP contribution is 2.30. The summed E-state index contributed by atoms with van der Waals surface area (Å²) in [6.07, 6.45) is 2.77. The number of ether oxygens (including phenoxy) is 1. The largest absolute Gasteiger partial charge is 0.484 e. The third-order valence-electron chi connectivity index (χ3n) is 5.26. The van der Waals surface area contributed by atoms with E-state index < -0.39 is 0 Å². The van der Waals surface area contributed by atoms with Crippen LogP contribution in [0.5, 0.6) is 5.75 Å². The molecule has 1 fully saturated rings. The van der Waals surface area contributed by atoms with E-state index in [0.29, 0.717) is 24.0 Å². The molecule has 152 valence electrons. The number of benzene rings is 1. The molecule has 0 radical (unpaired) electrons. The van der Waals surface area contributed by atoms with Crippen LogP contribution in [0.2, 0.25) is 0 Å². The number of amides is 1. The molecule has 0 saturated carbocycles. The molecular weight excluding hydrogens is 370 g/mol. The van der Waals surface area contributed by atoms with Gasteiger partial charge in [0.1, 0.15) is 5.75 Å². The first kappa shape index (κ1) is 19.2. The minimum absolute atomic E-state index is 0.0966. The zero-order valence-electron chi connectivity index (χ0n) is 17.0. The number of rotatable bonds is 5. The first-order valence-electron chi connectivity index (χ1n) is 9.85. The maximum absolute atomic E-state index is 13.0. The average Bonchev–Trinajstić information content (AvgIpc) is 3.34. The summed E-state index contributed by atoms with van der Waals surface area (Å²) in [4.78, 5) is 19.3. The molecule has 0 spiro atoms. The van der Waals surface area contributed by atoms with Gasteiger partial charge in [-0.05, 0) is 51.3 Å². The van der Waals surface area contributed by atoms with Gasteiger partial charge in [-0.1, -0.05) is 22.9 Å². The number of hydrogen-bond donors (Lipinski definition) is 0. The molecule has 4 rings (SSSR count). The van der Waals surface area contributed by atoms with E-state index in [1.54, 1.807) is 9.58 Å². The van der Waals surface area contributed by atoms with Crippen molar-refractivity contribution >= 4 is 5.91 Å². The topological polar surface area (TPSA) is 86.3 Å². The molecule has 29 heavy (non-hydrogen) atoms. The van der Waals surface area contributed by atoms with Crippen LogP contribution in [0.3, 0.4) is 0 Å². The van der Waals surface area contributed by atoms with Crippen molar-refractivity contribution in [1.29, 1.82) is 0 Å². The molecule has 3 aromatic rings. The summed E-state index contributed by atoms with van der Waals surface area (Å²) in [5.41, 5.74) is 2.56. The summed E-state index contributed by atoms with van der Waals surface area (Å²) in [6.45, 7) is 4.80. The van der Waals surface area contributed by atoms with Gasteiger partial charge < -0.3 is 14.2 Å². The van der Waals surface area contributed by atoms with Crippen LogP contribution in [0.15, 0.2) is 34.9 Å². The number of carbonyl (C=O) groups excluding carboxylic acids is 1. The molecule has 1 aliphatic rings. The van der Waals surface area contributed by atoms with Crippen LogP contribution in [0.25, 0.3) is 0 Å². The van der Waals surface area contributed by atoms with Crippen LogP contribution >= 0.6 is 0 Å². The predicted octanol–water partition coefficient (Wildman–Crippen LogP) is 3.37. The summed E-state index contributed by atoms with van der Waals surface area (Å²) in [6, 6.07) is 9.38. The highest BCUT2D eigenvalue weighted by Gasteiger charge is 2.33. The fourth-order valence-corrected chi connectivity index (χ4v) is 3.50. The van der Waals surface area contributed by atoms with Crippen LogP contribution in [0.4, 0.5) is 0 Å². The number of hydrogen-bond acceptors (Lipinski definition) is 6. The molecule has 1 aliphatic heterocycles. The molecule has 0 bridgehead atoms. The van der Waals surface area contributed by atoms with Crippen molar-refractivity contribution in [2.45, 2.75) is 45.8 Å². The fourth-order valence-electron chi connectivity index (χ4n) is 3.50. The fraction of sp³-hybridized carbons (Fsp3) is 0.429. The summed E-state index contributed by atoms with van der Waals surface area (Å²) in [5, 5.41) is 8.46. The first-order valence-corrected chi connectivity index (χ1v) is 9.85. The van der Waals surface area contributed by atoms with E-state index in [1.165, 1.54) is 5.56 Å². The van der Waals surface area contributed by atoms with E-state index in [2.05, 4.69) is 15.2 Å². The van der Waals surface area contributed by atoms with Gasteiger partial charge in [0.25, 0.3) is 11.8 Å². The normalized spacial score (nSPS) is 16.8. The van der Waals surface area contributed by atoms with Gasteiger partial charge in [-0.15, -0.1) is 0 Å².